The van der Waals surface area contributed by atoms with Crippen LogP contribution in [0.25, 0.3) is 31.9 Å². The number of nitroso groups, excluding NO2 is 1. The van der Waals surface area contributed by atoms with Crippen LogP contribution in [0.3, 0.4) is 0 Å². The van der Waals surface area contributed by atoms with E-state index < -0.39 is 0 Å². The average Bonchev–Trinajstić information content (AvgIpc) is 3.40. The van der Waals surface area contributed by atoms with Crippen LogP contribution in [-0.4, -0.2) is 15.9 Å². The number of fused-ring (bicyclic) bond motifs is 1. The van der Waals surface area contributed by atoms with E-state index in [1.54, 1.807) is 0 Å². The highest BCUT2D eigenvalue weighted by molar-refractivity contribution is 7.21. The van der Waals surface area contributed by atoms with Crippen LogP contribution in [0.1, 0.15) is 50.7 Å². The topological polar surface area (TPSA) is 87.2 Å². The number of nitrogens with one attached hydrogen (secondary N) is 2. The molecule has 0 aliphatic carbocycles. The third kappa shape index (κ3) is 5.16. The molecular weight excluding hydrogens is 480 g/mol. The maximum atomic E-state index is 13.2. The summed E-state index contributed by atoms with van der Waals surface area (Å²) in [4.78, 5) is 33.1. The Balaban J connectivity index is 1.91. The molecule has 0 radical (unpaired) electrons. The van der Waals surface area contributed by atoms with Crippen molar-refractivity contribution in [2.75, 3.05) is 5.32 Å². The van der Waals surface area contributed by atoms with Gasteiger partial charge in [0.2, 0.25) is 5.91 Å². The SMILES string of the molecule is CCCCC(CC)C(=O)Nc1[nH]c(N=O)c(-c2ccc(C)cc2C)c1-c1nc2cc(Cl)ccc2s1. The summed E-state index contributed by atoms with van der Waals surface area (Å²) in [5.41, 5.74) is 5.06. The summed E-state index contributed by atoms with van der Waals surface area (Å²) in [5.74, 6) is 0.426. The summed E-state index contributed by atoms with van der Waals surface area (Å²) < 4.78 is 0.962. The maximum Gasteiger partial charge on any atom is 0.228 e. The first-order valence-corrected chi connectivity index (χ1v) is 13.1. The Kier molecular flexibility index (Phi) is 7.67. The predicted octanol–water partition coefficient (Wildman–Crippen LogP) is 8.78. The summed E-state index contributed by atoms with van der Waals surface area (Å²) in [6, 6.07) is 11.6. The number of H-pyrrole nitrogens is 1. The van der Waals surface area contributed by atoms with Gasteiger partial charge in [-0.3, -0.25) is 4.79 Å². The maximum absolute atomic E-state index is 13.2. The van der Waals surface area contributed by atoms with Crippen LogP contribution in [-0.2, 0) is 4.79 Å². The van der Waals surface area contributed by atoms with E-state index in [0.29, 0.717) is 27.0 Å². The Morgan fingerprint density at radius 1 is 1.17 bits per heavy atom. The molecule has 0 bridgehead atoms. The smallest absolute Gasteiger partial charge is 0.228 e. The van der Waals surface area contributed by atoms with Gasteiger partial charge in [-0.2, -0.15) is 0 Å². The summed E-state index contributed by atoms with van der Waals surface area (Å²) in [6.45, 7) is 8.16. The van der Waals surface area contributed by atoms with E-state index in [0.717, 1.165) is 52.6 Å². The quantitative estimate of drug-likeness (QED) is 0.221. The molecule has 0 fully saturated rings. The number of hydrogen-bond donors (Lipinski definition) is 2. The zero-order valence-electron chi connectivity index (χ0n) is 20.4. The molecule has 2 N–H and O–H groups in total. The lowest BCUT2D eigenvalue weighted by molar-refractivity contribution is -0.120. The molecule has 4 rings (SSSR count). The Hall–Kier alpha value is -3.03. The first-order chi connectivity index (χ1) is 16.9. The molecule has 8 heteroatoms. The van der Waals surface area contributed by atoms with E-state index in [1.807, 2.05) is 51.1 Å². The normalized spacial score (nSPS) is 12.1. The van der Waals surface area contributed by atoms with E-state index in [1.165, 1.54) is 11.3 Å². The number of halogens is 1. The van der Waals surface area contributed by atoms with Crippen molar-refractivity contribution >= 4 is 50.7 Å². The summed E-state index contributed by atoms with van der Waals surface area (Å²) in [5, 5.41) is 7.65. The largest absolute Gasteiger partial charge is 0.322 e. The van der Waals surface area contributed by atoms with E-state index in [4.69, 9.17) is 16.6 Å². The number of nitrogens with zero attached hydrogens (tertiary/aromatic N) is 2. The van der Waals surface area contributed by atoms with Crippen LogP contribution >= 0.6 is 22.9 Å². The van der Waals surface area contributed by atoms with Crippen LogP contribution in [0.5, 0.6) is 0 Å². The van der Waals surface area contributed by atoms with Crippen molar-refractivity contribution in [2.24, 2.45) is 11.1 Å². The van der Waals surface area contributed by atoms with Crippen LogP contribution < -0.4 is 5.32 Å². The Labute approximate surface area is 214 Å². The van der Waals surface area contributed by atoms with Crippen molar-refractivity contribution < 1.29 is 4.79 Å². The van der Waals surface area contributed by atoms with Gasteiger partial charge in [0.05, 0.1) is 15.8 Å². The van der Waals surface area contributed by atoms with Gasteiger partial charge in [-0.15, -0.1) is 16.2 Å². The molecular formula is C27H29ClN4O2S. The molecule has 2 aromatic carbocycles. The molecule has 0 aliphatic heterocycles. The number of aromatic nitrogens is 2. The zero-order valence-corrected chi connectivity index (χ0v) is 21.9. The molecule has 2 heterocycles. The molecule has 1 unspecified atom stereocenters. The second-order valence-electron chi connectivity index (χ2n) is 8.88. The monoisotopic (exact) mass is 508 g/mol. The third-order valence-electron chi connectivity index (χ3n) is 6.30. The minimum Gasteiger partial charge on any atom is -0.322 e. The van der Waals surface area contributed by atoms with Crippen molar-refractivity contribution in [3.05, 3.63) is 57.5 Å². The average molecular weight is 509 g/mol. The number of thiazole rings is 1. The highest BCUT2D eigenvalue weighted by atomic mass is 35.5. The highest BCUT2D eigenvalue weighted by Gasteiger charge is 2.27. The van der Waals surface area contributed by atoms with Gasteiger partial charge >= 0.3 is 0 Å². The van der Waals surface area contributed by atoms with Crippen molar-refractivity contribution in [3.63, 3.8) is 0 Å². The van der Waals surface area contributed by atoms with Gasteiger partial charge in [0.1, 0.15) is 10.8 Å². The fraction of sp³-hybridized carbons (Fsp3) is 0.333. The molecule has 6 nitrogen and oxygen atoms in total. The second-order valence-corrected chi connectivity index (χ2v) is 10.3. The van der Waals surface area contributed by atoms with Gasteiger partial charge in [-0.1, -0.05) is 62.1 Å². The highest BCUT2D eigenvalue weighted by Crippen LogP contribution is 2.47. The number of carbonyl (C=O) groups excluding carboxylic acids is 1. The van der Waals surface area contributed by atoms with Gasteiger partial charge in [0.15, 0.2) is 5.82 Å². The second kappa shape index (κ2) is 10.7. The predicted molar refractivity (Wildman–Crippen MR) is 147 cm³/mol. The third-order valence-corrected chi connectivity index (χ3v) is 7.59. The van der Waals surface area contributed by atoms with Crippen LogP contribution in [0.15, 0.2) is 41.6 Å². The van der Waals surface area contributed by atoms with Crippen molar-refractivity contribution in [3.8, 4) is 21.7 Å². The minimum absolute atomic E-state index is 0.0720. The molecule has 1 amide bonds. The van der Waals surface area contributed by atoms with Gasteiger partial charge in [-0.25, -0.2) is 4.98 Å². The number of rotatable bonds is 9. The fourth-order valence-electron chi connectivity index (χ4n) is 4.42. The first kappa shape index (κ1) is 25.1. The fourth-order valence-corrected chi connectivity index (χ4v) is 5.59. The number of aromatic amines is 1. The lowest BCUT2D eigenvalue weighted by Gasteiger charge is -2.15. The lowest BCUT2D eigenvalue weighted by Crippen LogP contribution is -2.22. The molecule has 182 valence electrons. The molecule has 0 spiro atoms. The van der Waals surface area contributed by atoms with Crippen LogP contribution in [0, 0.1) is 24.7 Å². The molecule has 0 saturated heterocycles. The number of aryl methyl sites for hydroxylation is 2. The minimum atomic E-state index is -0.113. The Bertz CT molecular complexity index is 1390. The molecule has 35 heavy (non-hydrogen) atoms. The number of amides is 1. The summed E-state index contributed by atoms with van der Waals surface area (Å²) >= 11 is 7.69. The molecule has 0 saturated carbocycles. The number of carbonyl (C=O) groups is 1. The molecule has 1 atom stereocenters. The van der Waals surface area contributed by atoms with Crippen LogP contribution in [0.2, 0.25) is 5.02 Å². The Morgan fingerprint density at radius 2 is 1.97 bits per heavy atom. The van der Waals surface area contributed by atoms with Gasteiger partial charge in [-0.05, 0) is 61.2 Å². The number of benzene rings is 2. The number of anilines is 1. The Morgan fingerprint density at radius 3 is 2.66 bits per heavy atom. The van der Waals surface area contributed by atoms with E-state index >= 15 is 0 Å². The standard InChI is InChI=1S/C27H29ClN4O2S/c1-5-7-8-17(6-2)26(33)31-24-23(27-29-20-14-18(28)10-12-21(20)35-27)22(25(30-24)32-34)19-11-9-15(3)13-16(19)4/h9-14,17,30H,5-8H2,1-4H3,(H,31,33). The number of hydrogen-bond acceptors (Lipinski definition) is 5. The van der Waals surface area contributed by atoms with E-state index in [2.05, 4.69) is 28.5 Å². The lowest BCUT2D eigenvalue weighted by atomic mass is 9.96. The summed E-state index contributed by atoms with van der Waals surface area (Å²) in [7, 11) is 0. The van der Waals surface area contributed by atoms with Crippen molar-refractivity contribution in [1.82, 2.24) is 9.97 Å². The van der Waals surface area contributed by atoms with Gasteiger partial charge in [0, 0.05) is 16.5 Å². The van der Waals surface area contributed by atoms with Gasteiger partial charge < -0.3 is 10.3 Å². The molecule has 2 aromatic heterocycles. The van der Waals surface area contributed by atoms with Crippen molar-refractivity contribution in [1.29, 1.82) is 0 Å². The van der Waals surface area contributed by atoms with Crippen LogP contribution in [0.4, 0.5) is 11.6 Å². The van der Waals surface area contributed by atoms with Gasteiger partial charge in [0.25, 0.3) is 0 Å². The van der Waals surface area contributed by atoms with E-state index in [9.17, 15) is 9.70 Å². The van der Waals surface area contributed by atoms with Crippen molar-refractivity contribution in [2.45, 2.75) is 53.4 Å². The molecule has 4 aromatic rings. The number of unbranched alkanes of at least 4 members (excludes halogenated alkanes) is 1. The summed E-state index contributed by atoms with van der Waals surface area (Å²) in [6.07, 6.45) is 3.57. The van der Waals surface area contributed by atoms with E-state index in [-0.39, 0.29) is 17.6 Å². The zero-order chi connectivity index (χ0) is 25.1. The molecule has 0 aliphatic rings. The first-order valence-electron chi connectivity index (χ1n) is 11.9.